The summed E-state index contributed by atoms with van der Waals surface area (Å²) in [6.45, 7) is 2.55. The summed E-state index contributed by atoms with van der Waals surface area (Å²) in [5.74, 6) is 0.676. The number of hydrazine groups is 1. The first kappa shape index (κ1) is 20.6. The van der Waals surface area contributed by atoms with Crippen molar-refractivity contribution in [1.29, 1.82) is 0 Å². The van der Waals surface area contributed by atoms with Gasteiger partial charge >= 0.3 is 0 Å². The van der Waals surface area contributed by atoms with Crippen molar-refractivity contribution < 1.29 is 23.8 Å². The van der Waals surface area contributed by atoms with Crippen LogP contribution in [0.15, 0.2) is 40.9 Å². The maximum Gasteiger partial charge on any atom is 0.269 e. The van der Waals surface area contributed by atoms with Gasteiger partial charge in [0.05, 0.1) is 25.3 Å². The molecule has 7 nitrogen and oxygen atoms in total. The summed E-state index contributed by atoms with van der Waals surface area (Å²) >= 11 is 3.31. The van der Waals surface area contributed by atoms with Crippen LogP contribution in [0.2, 0.25) is 0 Å². The normalized spacial score (nSPS) is 10.1. The minimum atomic E-state index is -0.476. The molecule has 2 rings (SSSR count). The summed E-state index contributed by atoms with van der Waals surface area (Å²) in [7, 11) is 3.03. The van der Waals surface area contributed by atoms with Crippen LogP contribution >= 0.6 is 15.9 Å². The average Bonchev–Trinajstić information content (AvgIpc) is 2.69. The molecule has 0 aliphatic carbocycles. The molecule has 0 aromatic heterocycles. The molecule has 2 aromatic rings. The zero-order valence-corrected chi connectivity index (χ0v) is 16.9. The van der Waals surface area contributed by atoms with Crippen LogP contribution in [0.5, 0.6) is 17.2 Å². The van der Waals surface area contributed by atoms with Gasteiger partial charge in [0.25, 0.3) is 11.8 Å². The lowest BCUT2D eigenvalue weighted by molar-refractivity contribution is 0.0846. The molecule has 0 aliphatic rings. The maximum absolute atomic E-state index is 12.3. The van der Waals surface area contributed by atoms with E-state index in [0.29, 0.717) is 39.5 Å². The quantitative estimate of drug-likeness (QED) is 0.650. The van der Waals surface area contributed by atoms with Crippen LogP contribution in [-0.4, -0.2) is 32.6 Å². The summed E-state index contributed by atoms with van der Waals surface area (Å²) in [5, 5.41) is 0. The Balaban J connectivity index is 2.02. The molecule has 2 N–H and O–H groups in total. The molecule has 0 unspecified atom stereocenters. The first-order valence-corrected chi connectivity index (χ1v) is 9.04. The van der Waals surface area contributed by atoms with E-state index in [2.05, 4.69) is 26.8 Å². The van der Waals surface area contributed by atoms with Gasteiger partial charge in [0.2, 0.25) is 0 Å². The summed E-state index contributed by atoms with van der Waals surface area (Å²) in [6.07, 6.45) is 0.860. The van der Waals surface area contributed by atoms with Crippen molar-refractivity contribution in [1.82, 2.24) is 10.9 Å². The minimum absolute atomic E-state index is 0.326. The molecular formula is C19H21BrN2O5. The average molecular weight is 437 g/mol. The second-order valence-electron chi connectivity index (χ2n) is 5.47. The van der Waals surface area contributed by atoms with E-state index in [0.717, 1.165) is 6.42 Å². The number of benzene rings is 2. The second kappa shape index (κ2) is 9.82. The number of nitrogens with one attached hydrogen (secondary N) is 2. The number of carbonyl (C=O) groups is 2. The van der Waals surface area contributed by atoms with Gasteiger partial charge in [-0.3, -0.25) is 20.4 Å². The lowest BCUT2D eigenvalue weighted by Gasteiger charge is -2.12. The Morgan fingerprint density at radius 3 is 1.96 bits per heavy atom. The molecule has 0 saturated carbocycles. The van der Waals surface area contributed by atoms with E-state index in [1.807, 2.05) is 6.92 Å². The van der Waals surface area contributed by atoms with E-state index in [1.54, 1.807) is 36.4 Å². The summed E-state index contributed by atoms with van der Waals surface area (Å²) in [4.78, 5) is 24.5. The summed E-state index contributed by atoms with van der Waals surface area (Å²) < 4.78 is 16.6. The van der Waals surface area contributed by atoms with Crippen molar-refractivity contribution in [3.63, 3.8) is 0 Å². The minimum Gasteiger partial charge on any atom is -0.496 e. The van der Waals surface area contributed by atoms with Crippen LogP contribution in [0.25, 0.3) is 0 Å². The molecule has 144 valence electrons. The van der Waals surface area contributed by atoms with Gasteiger partial charge in [0, 0.05) is 11.1 Å². The largest absolute Gasteiger partial charge is 0.496 e. The van der Waals surface area contributed by atoms with E-state index in [-0.39, 0.29) is 0 Å². The van der Waals surface area contributed by atoms with Gasteiger partial charge in [-0.1, -0.05) is 6.92 Å². The van der Waals surface area contributed by atoms with Gasteiger partial charge in [0.15, 0.2) is 11.5 Å². The third-order valence-electron chi connectivity index (χ3n) is 3.59. The van der Waals surface area contributed by atoms with Crippen LogP contribution in [0.3, 0.4) is 0 Å². The third kappa shape index (κ3) is 5.37. The van der Waals surface area contributed by atoms with Crippen molar-refractivity contribution >= 4 is 27.7 Å². The molecule has 0 radical (unpaired) electrons. The molecule has 0 fully saturated rings. The van der Waals surface area contributed by atoms with Gasteiger partial charge in [-0.25, -0.2) is 0 Å². The van der Waals surface area contributed by atoms with E-state index in [4.69, 9.17) is 14.2 Å². The van der Waals surface area contributed by atoms with Crippen molar-refractivity contribution in [2.45, 2.75) is 13.3 Å². The van der Waals surface area contributed by atoms with E-state index < -0.39 is 11.8 Å². The van der Waals surface area contributed by atoms with Crippen LogP contribution in [-0.2, 0) is 0 Å². The van der Waals surface area contributed by atoms with Gasteiger partial charge in [-0.05, 0) is 58.7 Å². The highest BCUT2D eigenvalue weighted by Gasteiger charge is 2.13. The Morgan fingerprint density at radius 2 is 1.44 bits per heavy atom. The predicted octanol–water partition coefficient (Wildman–Crippen LogP) is 3.33. The third-order valence-corrected chi connectivity index (χ3v) is 4.21. The van der Waals surface area contributed by atoms with E-state index in [1.165, 1.54) is 14.2 Å². The molecule has 27 heavy (non-hydrogen) atoms. The number of amides is 2. The summed E-state index contributed by atoms with van der Waals surface area (Å²) in [5.41, 5.74) is 5.44. The molecular weight excluding hydrogens is 416 g/mol. The van der Waals surface area contributed by atoms with Crippen molar-refractivity contribution in [3.05, 3.63) is 52.0 Å². The molecule has 2 aromatic carbocycles. The van der Waals surface area contributed by atoms with Crippen molar-refractivity contribution in [2.24, 2.45) is 0 Å². The molecule has 0 atom stereocenters. The fraction of sp³-hybridized carbons (Fsp3) is 0.263. The monoisotopic (exact) mass is 436 g/mol. The standard InChI is InChI=1S/C19H21BrN2O5/c1-4-9-27-16-8-6-13(11-17(16)26-3)19(24)22-21-18(23)12-5-7-15(25-2)14(20)10-12/h5-8,10-11H,4,9H2,1-3H3,(H,21,23)(H,22,24). The van der Waals surface area contributed by atoms with Gasteiger partial charge in [0.1, 0.15) is 5.75 Å². The van der Waals surface area contributed by atoms with E-state index in [9.17, 15) is 9.59 Å². The Hall–Kier alpha value is -2.74. The molecule has 2 amide bonds. The summed E-state index contributed by atoms with van der Waals surface area (Å²) in [6, 6.07) is 9.65. The Kier molecular flexibility index (Phi) is 7.48. The predicted molar refractivity (Wildman–Crippen MR) is 104 cm³/mol. The molecule has 0 spiro atoms. The highest BCUT2D eigenvalue weighted by atomic mass is 79.9. The lowest BCUT2D eigenvalue weighted by Crippen LogP contribution is -2.41. The zero-order chi connectivity index (χ0) is 19.8. The zero-order valence-electron chi connectivity index (χ0n) is 15.3. The number of carbonyl (C=O) groups excluding carboxylic acids is 2. The molecule has 0 bridgehead atoms. The Labute approximate surface area is 166 Å². The molecule has 0 saturated heterocycles. The van der Waals surface area contributed by atoms with Gasteiger partial charge in [-0.2, -0.15) is 0 Å². The van der Waals surface area contributed by atoms with Crippen LogP contribution < -0.4 is 25.1 Å². The van der Waals surface area contributed by atoms with Crippen LogP contribution in [0.1, 0.15) is 34.1 Å². The number of halogens is 1. The van der Waals surface area contributed by atoms with Gasteiger partial charge < -0.3 is 14.2 Å². The number of ether oxygens (including phenoxy) is 3. The Bertz CT molecular complexity index is 826. The van der Waals surface area contributed by atoms with Crippen LogP contribution in [0.4, 0.5) is 0 Å². The fourth-order valence-electron chi connectivity index (χ4n) is 2.21. The highest BCUT2D eigenvalue weighted by Crippen LogP contribution is 2.28. The van der Waals surface area contributed by atoms with Crippen molar-refractivity contribution in [3.8, 4) is 17.2 Å². The SMILES string of the molecule is CCCOc1ccc(C(=O)NNC(=O)c2ccc(OC)c(Br)c2)cc1OC. The van der Waals surface area contributed by atoms with Crippen molar-refractivity contribution in [2.75, 3.05) is 20.8 Å². The molecule has 0 heterocycles. The lowest BCUT2D eigenvalue weighted by atomic mass is 10.2. The number of methoxy groups -OCH3 is 2. The Morgan fingerprint density at radius 1 is 0.889 bits per heavy atom. The van der Waals surface area contributed by atoms with E-state index >= 15 is 0 Å². The first-order valence-electron chi connectivity index (χ1n) is 8.25. The topological polar surface area (TPSA) is 85.9 Å². The smallest absolute Gasteiger partial charge is 0.269 e. The van der Waals surface area contributed by atoms with Gasteiger partial charge in [-0.15, -0.1) is 0 Å². The number of rotatable bonds is 7. The number of hydrogen-bond acceptors (Lipinski definition) is 5. The van der Waals surface area contributed by atoms with Crippen LogP contribution in [0, 0.1) is 0 Å². The maximum atomic E-state index is 12.3. The highest BCUT2D eigenvalue weighted by molar-refractivity contribution is 9.10. The number of hydrogen-bond donors (Lipinski definition) is 2. The second-order valence-corrected chi connectivity index (χ2v) is 6.33. The molecule has 0 aliphatic heterocycles. The fourth-order valence-corrected chi connectivity index (χ4v) is 2.75. The first-order chi connectivity index (χ1) is 13.0. The molecule has 8 heteroatoms.